The summed E-state index contributed by atoms with van der Waals surface area (Å²) >= 11 is 0. The van der Waals surface area contributed by atoms with E-state index in [1.54, 1.807) is 16.2 Å². The highest BCUT2D eigenvalue weighted by atomic mass is 16.5. The van der Waals surface area contributed by atoms with Gasteiger partial charge in [0, 0.05) is 59.3 Å². The Hall–Kier alpha value is -2.69. The Morgan fingerprint density at radius 1 is 1.09 bits per heavy atom. The molecule has 5 heterocycles. The summed E-state index contributed by atoms with van der Waals surface area (Å²) in [6, 6.07) is 5.25. The highest BCUT2D eigenvalue weighted by molar-refractivity contribution is 6.00. The summed E-state index contributed by atoms with van der Waals surface area (Å²) in [5.74, 6) is -0.0828. The minimum Gasteiger partial charge on any atom is -0.372 e. The fraction of sp³-hybridized carbons (Fsp3) is 0.640. The van der Waals surface area contributed by atoms with Crippen LogP contribution >= 0.6 is 0 Å². The molecule has 0 radical (unpaired) electrons. The average molecular weight is 483 g/mol. The normalized spacial score (nSPS) is 27.5. The number of imide groups is 1. The second kappa shape index (κ2) is 8.46. The van der Waals surface area contributed by atoms with E-state index < -0.39 is 11.9 Å². The maximum atomic E-state index is 13.2. The molecule has 0 saturated carbocycles. The summed E-state index contributed by atoms with van der Waals surface area (Å²) in [4.78, 5) is 44.6. The van der Waals surface area contributed by atoms with Crippen LogP contribution in [-0.4, -0.2) is 95.8 Å². The molecule has 4 fully saturated rings. The number of nitrogens with zero attached hydrogens (tertiary/aromatic N) is 5. The molecule has 1 spiro atoms. The van der Waals surface area contributed by atoms with Crippen molar-refractivity contribution >= 4 is 28.5 Å². The molecule has 1 aromatic carbocycles. The van der Waals surface area contributed by atoms with Crippen LogP contribution in [0.2, 0.25) is 0 Å². The number of anilines is 1. The molecule has 6 rings (SSSR count). The summed E-state index contributed by atoms with van der Waals surface area (Å²) in [5, 5.41) is 2.38. The van der Waals surface area contributed by atoms with Gasteiger partial charge in [0.1, 0.15) is 6.04 Å². The zero-order chi connectivity index (χ0) is 24.3. The number of piperidine rings is 1. The molecule has 10 nitrogen and oxygen atoms in total. The number of ether oxygens (including phenoxy) is 1. The molecule has 4 aliphatic rings. The largest absolute Gasteiger partial charge is 0.372 e. The van der Waals surface area contributed by atoms with Gasteiger partial charge in [-0.3, -0.25) is 28.9 Å². The number of carbonyl (C=O) groups excluding carboxylic acids is 2. The van der Waals surface area contributed by atoms with Gasteiger partial charge in [-0.1, -0.05) is 6.07 Å². The van der Waals surface area contributed by atoms with Crippen LogP contribution in [0.5, 0.6) is 0 Å². The number of likely N-dealkylation sites (tertiary alicyclic amines) is 1. The number of carbonyl (C=O) groups is 2. The predicted molar refractivity (Wildman–Crippen MR) is 132 cm³/mol. The Bertz CT molecular complexity index is 1220. The minimum absolute atomic E-state index is 0.108. The fourth-order valence-electron chi connectivity index (χ4n) is 6.65. The first-order valence-electron chi connectivity index (χ1n) is 12.7. The first kappa shape index (κ1) is 22.8. The van der Waals surface area contributed by atoms with Crippen LogP contribution in [0, 0.1) is 5.92 Å². The van der Waals surface area contributed by atoms with Gasteiger partial charge in [-0.15, -0.1) is 0 Å². The van der Waals surface area contributed by atoms with Gasteiger partial charge in [-0.2, -0.15) is 0 Å². The third-order valence-corrected chi connectivity index (χ3v) is 8.23. The van der Waals surface area contributed by atoms with Crippen LogP contribution in [0.1, 0.15) is 25.3 Å². The van der Waals surface area contributed by atoms with Gasteiger partial charge < -0.3 is 14.5 Å². The maximum Gasteiger partial charge on any atom is 0.329 e. The van der Waals surface area contributed by atoms with Crippen molar-refractivity contribution in [1.82, 2.24) is 24.3 Å². The van der Waals surface area contributed by atoms with E-state index in [4.69, 9.17) is 4.74 Å². The van der Waals surface area contributed by atoms with E-state index in [0.717, 1.165) is 75.6 Å². The van der Waals surface area contributed by atoms with Crippen LogP contribution in [-0.2, 0) is 21.4 Å². The molecular weight excluding hydrogens is 448 g/mol. The number of hydrogen-bond acceptors (Lipinski definition) is 7. The number of para-hydroxylation sites is 1. The molecule has 35 heavy (non-hydrogen) atoms. The Kier molecular flexibility index (Phi) is 5.50. The monoisotopic (exact) mass is 482 g/mol. The van der Waals surface area contributed by atoms with E-state index in [-0.39, 0.29) is 23.6 Å². The van der Waals surface area contributed by atoms with E-state index in [0.29, 0.717) is 12.3 Å². The maximum absolute atomic E-state index is 13.2. The summed E-state index contributed by atoms with van der Waals surface area (Å²) in [7, 11) is 3.91. The van der Waals surface area contributed by atoms with E-state index >= 15 is 0 Å². The molecule has 1 aromatic heterocycles. The zero-order valence-electron chi connectivity index (χ0n) is 20.5. The lowest BCUT2D eigenvalue weighted by molar-refractivity contribution is -0.135. The number of nitrogens with one attached hydrogen (secondary N) is 1. The van der Waals surface area contributed by atoms with Crippen molar-refractivity contribution in [3.8, 4) is 0 Å². The zero-order valence-corrected chi connectivity index (χ0v) is 20.5. The molecule has 10 heteroatoms. The number of piperazine rings is 1. The first-order valence-corrected chi connectivity index (χ1v) is 12.7. The molecule has 2 aromatic rings. The van der Waals surface area contributed by atoms with E-state index in [2.05, 4.69) is 33.1 Å². The highest BCUT2D eigenvalue weighted by Gasteiger charge is 2.48. The molecule has 0 aliphatic carbocycles. The molecular formula is C25H34N6O4. The molecule has 4 saturated heterocycles. The van der Waals surface area contributed by atoms with E-state index in [1.807, 2.05) is 12.1 Å². The predicted octanol–water partition coefficient (Wildman–Crippen LogP) is 0.160. The SMILES string of the molecule is CN1CC2(CC(CN3CCN(c4cccc5c4n(C)c(=O)n5C4CCC(=O)NC4=O)CC3)CO2)C1. The Morgan fingerprint density at radius 3 is 2.57 bits per heavy atom. The molecule has 0 bridgehead atoms. The van der Waals surface area contributed by atoms with Gasteiger partial charge in [-0.05, 0) is 37.9 Å². The van der Waals surface area contributed by atoms with Crippen molar-refractivity contribution in [3.63, 3.8) is 0 Å². The molecule has 2 amide bonds. The lowest BCUT2D eigenvalue weighted by Gasteiger charge is -2.45. The van der Waals surface area contributed by atoms with E-state index in [9.17, 15) is 14.4 Å². The average Bonchev–Trinajstić information content (AvgIpc) is 3.34. The van der Waals surface area contributed by atoms with Crippen molar-refractivity contribution in [1.29, 1.82) is 0 Å². The molecule has 2 atom stereocenters. The van der Waals surface area contributed by atoms with E-state index in [1.165, 1.54) is 0 Å². The molecule has 188 valence electrons. The Balaban J connectivity index is 1.17. The number of rotatable bonds is 4. The lowest BCUT2D eigenvalue weighted by Crippen LogP contribution is -2.59. The number of amides is 2. The smallest absolute Gasteiger partial charge is 0.329 e. The highest BCUT2D eigenvalue weighted by Crippen LogP contribution is 2.37. The standard InChI is InChI=1S/C25H34N6O4/c1-27-15-25(16-27)12-17(14-35-25)13-29-8-10-30(11-9-29)18-4-3-5-19-22(18)28(2)24(34)31(19)20-6-7-21(32)26-23(20)33/h3-5,17,20H,6-16H2,1-2H3,(H,26,32,33). The van der Waals surface area contributed by atoms with Gasteiger partial charge in [0.2, 0.25) is 11.8 Å². The Labute approximate surface area is 204 Å². The quantitative estimate of drug-likeness (QED) is 0.621. The minimum atomic E-state index is -0.664. The topological polar surface area (TPSA) is 92.0 Å². The summed E-state index contributed by atoms with van der Waals surface area (Å²) in [6.07, 6.45) is 1.74. The van der Waals surface area contributed by atoms with Crippen molar-refractivity contribution in [2.45, 2.75) is 30.9 Å². The third kappa shape index (κ3) is 3.88. The van der Waals surface area contributed by atoms with Crippen molar-refractivity contribution in [2.24, 2.45) is 13.0 Å². The van der Waals surface area contributed by atoms with Gasteiger partial charge in [0.15, 0.2) is 0 Å². The number of benzene rings is 1. The number of aryl methyl sites for hydroxylation is 1. The van der Waals surface area contributed by atoms with Crippen LogP contribution < -0.4 is 15.9 Å². The lowest BCUT2D eigenvalue weighted by atomic mass is 9.87. The summed E-state index contributed by atoms with van der Waals surface area (Å²) in [5.41, 5.74) is 2.49. The number of imidazole rings is 1. The first-order chi connectivity index (χ1) is 16.8. The Morgan fingerprint density at radius 2 is 1.86 bits per heavy atom. The van der Waals surface area contributed by atoms with Gasteiger partial charge in [0.25, 0.3) is 0 Å². The third-order valence-electron chi connectivity index (χ3n) is 8.23. The van der Waals surface area contributed by atoms with Crippen molar-refractivity contribution in [2.75, 3.05) is 64.4 Å². The summed E-state index contributed by atoms with van der Waals surface area (Å²) in [6.45, 7) is 7.77. The van der Waals surface area contributed by atoms with Gasteiger partial charge >= 0.3 is 5.69 Å². The number of fused-ring (bicyclic) bond motifs is 1. The molecule has 2 unspecified atom stereocenters. The number of likely N-dealkylation sites (N-methyl/N-ethyl adjacent to an activating group) is 1. The molecule has 4 aliphatic heterocycles. The summed E-state index contributed by atoms with van der Waals surface area (Å²) < 4.78 is 9.37. The molecule has 1 N–H and O–H groups in total. The van der Waals surface area contributed by atoms with Crippen LogP contribution in [0.4, 0.5) is 5.69 Å². The number of hydrogen-bond donors (Lipinski definition) is 1. The fourth-order valence-corrected chi connectivity index (χ4v) is 6.65. The second-order valence-electron chi connectivity index (χ2n) is 10.8. The van der Waals surface area contributed by atoms with Gasteiger partial charge in [0.05, 0.1) is 28.9 Å². The van der Waals surface area contributed by atoms with Crippen LogP contribution in [0.25, 0.3) is 11.0 Å². The van der Waals surface area contributed by atoms with Crippen LogP contribution in [0.3, 0.4) is 0 Å². The van der Waals surface area contributed by atoms with Crippen LogP contribution in [0.15, 0.2) is 23.0 Å². The van der Waals surface area contributed by atoms with Crippen molar-refractivity contribution in [3.05, 3.63) is 28.7 Å². The van der Waals surface area contributed by atoms with Gasteiger partial charge in [-0.25, -0.2) is 4.79 Å². The number of aromatic nitrogens is 2. The second-order valence-corrected chi connectivity index (χ2v) is 10.8. The van der Waals surface area contributed by atoms with Crippen molar-refractivity contribution < 1.29 is 14.3 Å².